The van der Waals surface area contributed by atoms with Gasteiger partial charge in [-0.2, -0.15) is 0 Å². The number of carbonyl (C=O) groups is 1. The number of benzene rings is 1. The van der Waals surface area contributed by atoms with E-state index in [1.165, 1.54) is 6.42 Å². The van der Waals surface area contributed by atoms with Gasteiger partial charge in [0.05, 0.1) is 5.56 Å². The normalized spacial score (nSPS) is 17.4. The number of carbonyl (C=O) groups excluding carboxylic acids is 1. The molecule has 1 aliphatic rings. The molecule has 0 unspecified atom stereocenters. The van der Waals surface area contributed by atoms with E-state index in [9.17, 15) is 4.79 Å². The van der Waals surface area contributed by atoms with Gasteiger partial charge in [0, 0.05) is 16.6 Å². The van der Waals surface area contributed by atoms with Crippen LogP contribution in [0.4, 0.5) is 0 Å². The lowest BCUT2D eigenvalue weighted by Gasteiger charge is -2.38. The molecule has 0 spiro atoms. The Morgan fingerprint density at radius 2 is 2.24 bits per heavy atom. The summed E-state index contributed by atoms with van der Waals surface area (Å²) in [6.45, 7) is 2.56. The minimum Gasteiger partial charge on any atom is -0.350 e. The van der Waals surface area contributed by atoms with Crippen LogP contribution in [0.15, 0.2) is 22.7 Å². The predicted molar refractivity (Wildman–Crippen MR) is 72.0 cm³/mol. The summed E-state index contributed by atoms with van der Waals surface area (Å²) in [5.41, 5.74) is 7.68. The van der Waals surface area contributed by atoms with Gasteiger partial charge >= 0.3 is 0 Å². The monoisotopic (exact) mass is 296 g/mol. The fraction of sp³-hybridized carbons (Fsp3) is 0.462. The molecule has 0 aromatic heterocycles. The van der Waals surface area contributed by atoms with E-state index in [0.717, 1.165) is 22.9 Å². The summed E-state index contributed by atoms with van der Waals surface area (Å²) in [7, 11) is 0. The van der Waals surface area contributed by atoms with E-state index in [1.54, 1.807) is 0 Å². The van der Waals surface area contributed by atoms with Gasteiger partial charge in [0.15, 0.2) is 0 Å². The van der Waals surface area contributed by atoms with Gasteiger partial charge in [-0.05, 0) is 59.8 Å². The number of hydrogen-bond acceptors (Lipinski definition) is 2. The fourth-order valence-corrected chi connectivity index (χ4v) is 2.64. The largest absolute Gasteiger partial charge is 0.350 e. The first-order valence-corrected chi connectivity index (χ1v) is 6.63. The Balaban J connectivity index is 1.99. The zero-order valence-electron chi connectivity index (χ0n) is 9.92. The molecule has 3 nitrogen and oxygen atoms in total. The molecule has 1 aromatic carbocycles. The fourth-order valence-electron chi connectivity index (χ4n) is 1.96. The highest BCUT2D eigenvalue weighted by Crippen LogP contribution is 2.28. The lowest BCUT2D eigenvalue weighted by Crippen LogP contribution is -2.54. The molecule has 2 rings (SSSR count). The Labute approximate surface area is 110 Å². The third-order valence-electron chi connectivity index (χ3n) is 3.32. The standard InChI is InChI=1S/C13H17BrN2O/c1-9-3-4-10(11(14)7-9)12(17)16-8-13(15)5-2-6-13/h3-4,7H,2,5-6,8,15H2,1H3,(H,16,17). The smallest absolute Gasteiger partial charge is 0.252 e. The number of hydrogen-bond donors (Lipinski definition) is 2. The summed E-state index contributed by atoms with van der Waals surface area (Å²) in [6, 6.07) is 5.70. The van der Waals surface area contributed by atoms with Gasteiger partial charge in [-0.15, -0.1) is 0 Å². The van der Waals surface area contributed by atoms with Crippen molar-refractivity contribution in [1.29, 1.82) is 0 Å². The Bertz CT molecular complexity index is 441. The van der Waals surface area contributed by atoms with Gasteiger partial charge in [-0.3, -0.25) is 4.79 Å². The Kier molecular flexibility index (Phi) is 3.54. The summed E-state index contributed by atoms with van der Waals surface area (Å²) >= 11 is 3.41. The summed E-state index contributed by atoms with van der Waals surface area (Å²) in [5.74, 6) is -0.0615. The number of nitrogens with two attached hydrogens (primary N) is 1. The molecular formula is C13H17BrN2O. The Morgan fingerprint density at radius 1 is 1.53 bits per heavy atom. The van der Waals surface area contributed by atoms with Crippen molar-refractivity contribution >= 4 is 21.8 Å². The first-order chi connectivity index (χ1) is 8.00. The van der Waals surface area contributed by atoms with Crippen molar-refractivity contribution in [2.75, 3.05) is 6.54 Å². The number of halogens is 1. The molecule has 1 amide bonds. The van der Waals surface area contributed by atoms with E-state index in [4.69, 9.17) is 5.73 Å². The first-order valence-electron chi connectivity index (χ1n) is 5.83. The SMILES string of the molecule is Cc1ccc(C(=O)NCC2(N)CCC2)c(Br)c1. The zero-order valence-corrected chi connectivity index (χ0v) is 11.5. The van der Waals surface area contributed by atoms with E-state index in [0.29, 0.717) is 12.1 Å². The van der Waals surface area contributed by atoms with Gasteiger partial charge in [0.1, 0.15) is 0 Å². The van der Waals surface area contributed by atoms with Gasteiger partial charge < -0.3 is 11.1 Å². The van der Waals surface area contributed by atoms with Crippen LogP contribution in [0.2, 0.25) is 0 Å². The lowest BCUT2D eigenvalue weighted by atomic mass is 9.78. The van der Waals surface area contributed by atoms with E-state index >= 15 is 0 Å². The third-order valence-corrected chi connectivity index (χ3v) is 3.98. The molecule has 1 aromatic rings. The lowest BCUT2D eigenvalue weighted by molar-refractivity contribution is 0.0929. The highest BCUT2D eigenvalue weighted by Gasteiger charge is 2.32. The molecule has 1 aliphatic carbocycles. The quantitative estimate of drug-likeness (QED) is 0.900. The highest BCUT2D eigenvalue weighted by atomic mass is 79.9. The van der Waals surface area contributed by atoms with Crippen LogP contribution in [0.1, 0.15) is 35.2 Å². The van der Waals surface area contributed by atoms with Crippen LogP contribution in [0, 0.1) is 6.92 Å². The average molecular weight is 297 g/mol. The van der Waals surface area contributed by atoms with Crippen LogP contribution in [0.25, 0.3) is 0 Å². The molecule has 0 heterocycles. The second-order valence-electron chi connectivity index (χ2n) is 4.88. The van der Waals surface area contributed by atoms with Gasteiger partial charge in [-0.1, -0.05) is 6.07 Å². The van der Waals surface area contributed by atoms with Gasteiger partial charge in [0.2, 0.25) is 0 Å². The number of amides is 1. The van der Waals surface area contributed by atoms with E-state index in [1.807, 2.05) is 25.1 Å². The number of rotatable bonds is 3. The minimum absolute atomic E-state index is 0.0615. The summed E-state index contributed by atoms with van der Waals surface area (Å²) < 4.78 is 0.828. The molecule has 0 atom stereocenters. The second-order valence-corrected chi connectivity index (χ2v) is 5.74. The van der Waals surface area contributed by atoms with E-state index in [-0.39, 0.29) is 11.4 Å². The molecule has 0 radical (unpaired) electrons. The molecule has 1 fully saturated rings. The van der Waals surface area contributed by atoms with Crippen molar-refractivity contribution in [3.05, 3.63) is 33.8 Å². The summed E-state index contributed by atoms with van der Waals surface area (Å²) in [4.78, 5) is 12.0. The van der Waals surface area contributed by atoms with Crippen molar-refractivity contribution in [3.8, 4) is 0 Å². The van der Waals surface area contributed by atoms with Crippen molar-refractivity contribution in [2.24, 2.45) is 5.73 Å². The Morgan fingerprint density at radius 3 is 2.76 bits per heavy atom. The molecule has 92 valence electrons. The van der Waals surface area contributed by atoms with Gasteiger partial charge in [0.25, 0.3) is 5.91 Å². The van der Waals surface area contributed by atoms with Gasteiger partial charge in [-0.25, -0.2) is 0 Å². The van der Waals surface area contributed by atoms with Crippen LogP contribution in [0.5, 0.6) is 0 Å². The average Bonchev–Trinajstić information content (AvgIpc) is 2.23. The van der Waals surface area contributed by atoms with E-state index in [2.05, 4.69) is 21.2 Å². The first kappa shape index (κ1) is 12.6. The highest BCUT2D eigenvalue weighted by molar-refractivity contribution is 9.10. The maximum atomic E-state index is 12.0. The summed E-state index contributed by atoms with van der Waals surface area (Å²) in [5, 5.41) is 2.91. The number of aryl methyl sites for hydroxylation is 1. The zero-order chi connectivity index (χ0) is 12.5. The van der Waals surface area contributed by atoms with Crippen molar-refractivity contribution in [2.45, 2.75) is 31.7 Å². The predicted octanol–water partition coefficient (Wildman–Crippen LogP) is 2.37. The van der Waals surface area contributed by atoms with Crippen LogP contribution >= 0.6 is 15.9 Å². The molecule has 3 N–H and O–H groups in total. The summed E-state index contributed by atoms with van der Waals surface area (Å²) in [6.07, 6.45) is 3.17. The molecule has 0 saturated heterocycles. The molecule has 4 heteroatoms. The van der Waals surface area contributed by atoms with Crippen LogP contribution in [-0.4, -0.2) is 18.0 Å². The number of nitrogens with one attached hydrogen (secondary N) is 1. The maximum Gasteiger partial charge on any atom is 0.252 e. The van der Waals surface area contributed by atoms with Crippen LogP contribution in [0.3, 0.4) is 0 Å². The van der Waals surface area contributed by atoms with Crippen molar-refractivity contribution in [1.82, 2.24) is 5.32 Å². The second kappa shape index (κ2) is 4.78. The maximum absolute atomic E-state index is 12.0. The van der Waals surface area contributed by atoms with E-state index < -0.39 is 0 Å². The molecule has 0 bridgehead atoms. The molecule has 1 saturated carbocycles. The topological polar surface area (TPSA) is 55.1 Å². The molecule has 0 aliphatic heterocycles. The minimum atomic E-state index is -0.174. The Hall–Kier alpha value is -0.870. The third kappa shape index (κ3) is 2.87. The molecule has 17 heavy (non-hydrogen) atoms. The van der Waals surface area contributed by atoms with Crippen LogP contribution < -0.4 is 11.1 Å². The van der Waals surface area contributed by atoms with Crippen LogP contribution in [-0.2, 0) is 0 Å². The molecular weight excluding hydrogens is 280 g/mol. The van der Waals surface area contributed by atoms with Crippen molar-refractivity contribution in [3.63, 3.8) is 0 Å². The van der Waals surface area contributed by atoms with Crippen molar-refractivity contribution < 1.29 is 4.79 Å².